The third-order valence-corrected chi connectivity index (χ3v) is 5.64. The zero-order valence-corrected chi connectivity index (χ0v) is 16.4. The summed E-state index contributed by atoms with van der Waals surface area (Å²) in [6, 6.07) is 20.9. The molecule has 0 unspecified atom stereocenters. The number of carbonyl (C=O) groups is 2. The Hall–Kier alpha value is -3.73. The summed E-state index contributed by atoms with van der Waals surface area (Å²) in [6.07, 6.45) is 0.804. The summed E-state index contributed by atoms with van der Waals surface area (Å²) in [7, 11) is 0. The number of benzene rings is 3. The highest BCUT2D eigenvalue weighted by molar-refractivity contribution is 6.46. The Morgan fingerprint density at radius 2 is 1.53 bits per heavy atom. The molecular weight excluding hydrogens is 379 g/mol. The molecule has 3 aromatic carbocycles. The van der Waals surface area contributed by atoms with Gasteiger partial charge in [0.25, 0.3) is 11.8 Å². The molecule has 30 heavy (non-hydrogen) atoms. The lowest BCUT2D eigenvalue weighted by atomic mass is 10.0. The maximum atomic E-state index is 13.6. The number of imide groups is 1. The van der Waals surface area contributed by atoms with Crippen LogP contribution in [0.5, 0.6) is 0 Å². The SMILES string of the molecule is Cc1ccc(C2=C(N3CCc4ccccc43)C(=O)N(c3ccc(F)cc3)C2=O)cc1. The van der Waals surface area contributed by atoms with Crippen molar-refractivity contribution in [1.82, 2.24) is 0 Å². The van der Waals surface area contributed by atoms with Crippen LogP contribution in [0.2, 0.25) is 0 Å². The molecule has 0 N–H and O–H groups in total. The van der Waals surface area contributed by atoms with E-state index in [1.807, 2.05) is 60.4 Å². The van der Waals surface area contributed by atoms with Crippen molar-refractivity contribution in [2.45, 2.75) is 13.3 Å². The van der Waals surface area contributed by atoms with Crippen LogP contribution in [0, 0.1) is 12.7 Å². The minimum absolute atomic E-state index is 0.360. The van der Waals surface area contributed by atoms with Gasteiger partial charge >= 0.3 is 0 Å². The van der Waals surface area contributed by atoms with Crippen molar-refractivity contribution in [3.05, 3.63) is 101 Å². The fraction of sp³-hybridized carbons (Fsp3) is 0.120. The number of anilines is 2. The van der Waals surface area contributed by atoms with Gasteiger partial charge in [0.15, 0.2) is 0 Å². The molecule has 148 valence electrons. The van der Waals surface area contributed by atoms with E-state index in [4.69, 9.17) is 0 Å². The highest BCUT2D eigenvalue weighted by atomic mass is 19.1. The Bertz CT molecular complexity index is 1200. The van der Waals surface area contributed by atoms with Crippen LogP contribution < -0.4 is 9.80 Å². The van der Waals surface area contributed by atoms with Crippen molar-refractivity contribution >= 4 is 28.8 Å². The standard InChI is InChI=1S/C25H19FN2O2/c1-16-6-8-18(9-7-16)22-23(27-15-14-17-4-2-3-5-21(17)27)25(30)28(24(22)29)20-12-10-19(26)11-13-20/h2-13H,14-15H2,1H3. The van der Waals surface area contributed by atoms with Crippen molar-refractivity contribution in [1.29, 1.82) is 0 Å². The van der Waals surface area contributed by atoms with Gasteiger partial charge in [-0.1, -0.05) is 48.0 Å². The quantitative estimate of drug-likeness (QED) is 0.611. The Kier molecular flexibility index (Phi) is 4.24. The highest BCUT2D eigenvalue weighted by Crippen LogP contribution is 2.40. The van der Waals surface area contributed by atoms with Crippen LogP contribution in [0.25, 0.3) is 5.57 Å². The minimum atomic E-state index is -0.418. The third-order valence-electron chi connectivity index (χ3n) is 5.64. The number of aryl methyl sites for hydroxylation is 1. The van der Waals surface area contributed by atoms with E-state index in [1.54, 1.807) is 0 Å². The van der Waals surface area contributed by atoms with E-state index in [0.717, 1.165) is 28.1 Å². The number of amides is 2. The van der Waals surface area contributed by atoms with Gasteiger partial charge in [-0.3, -0.25) is 9.59 Å². The van der Waals surface area contributed by atoms with E-state index < -0.39 is 11.7 Å². The lowest BCUT2D eigenvalue weighted by Crippen LogP contribution is -2.34. The first-order valence-electron chi connectivity index (χ1n) is 9.86. The third kappa shape index (κ3) is 2.82. The fourth-order valence-electron chi connectivity index (χ4n) is 4.14. The van der Waals surface area contributed by atoms with Crippen molar-refractivity contribution in [3.8, 4) is 0 Å². The Labute approximate surface area is 173 Å². The van der Waals surface area contributed by atoms with E-state index in [0.29, 0.717) is 29.1 Å². The number of halogens is 1. The summed E-state index contributed by atoms with van der Waals surface area (Å²) in [5.74, 6) is -1.20. The molecule has 0 saturated heterocycles. The molecular formula is C25H19FN2O2. The second-order valence-corrected chi connectivity index (χ2v) is 7.54. The second kappa shape index (κ2) is 6.95. The molecule has 4 nitrogen and oxygen atoms in total. The molecule has 3 aromatic rings. The summed E-state index contributed by atoms with van der Waals surface area (Å²) in [5.41, 5.74) is 4.97. The predicted octanol–water partition coefficient (Wildman–Crippen LogP) is 4.48. The second-order valence-electron chi connectivity index (χ2n) is 7.54. The van der Waals surface area contributed by atoms with Crippen LogP contribution in [0.1, 0.15) is 16.7 Å². The summed E-state index contributed by atoms with van der Waals surface area (Å²) in [6.45, 7) is 2.60. The van der Waals surface area contributed by atoms with Crippen LogP contribution in [0.3, 0.4) is 0 Å². The summed E-state index contributed by atoms with van der Waals surface area (Å²) < 4.78 is 13.4. The van der Waals surface area contributed by atoms with Gasteiger partial charge in [0.1, 0.15) is 11.5 Å². The van der Waals surface area contributed by atoms with Gasteiger partial charge in [-0.05, 0) is 54.8 Å². The first-order valence-corrected chi connectivity index (χ1v) is 9.86. The van der Waals surface area contributed by atoms with Crippen LogP contribution >= 0.6 is 0 Å². The van der Waals surface area contributed by atoms with Crippen LogP contribution in [0.4, 0.5) is 15.8 Å². The van der Waals surface area contributed by atoms with Crippen molar-refractivity contribution < 1.29 is 14.0 Å². The molecule has 2 amide bonds. The first-order chi connectivity index (χ1) is 14.5. The van der Waals surface area contributed by atoms with Crippen LogP contribution in [-0.4, -0.2) is 18.4 Å². The average Bonchev–Trinajstić information content (AvgIpc) is 3.28. The molecule has 0 atom stereocenters. The van der Waals surface area contributed by atoms with Gasteiger partial charge in [0, 0.05) is 12.2 Å². The molecule has 0 aromatic heterocycles. The Morgan fingerprint density at radius 3 is 2.27 bits per heavy atom. The maximum Gasteiger partial charge on any atom is 0.282 e. The number of para-hydroxylation sites is 1. The van der Waals surface area contributed by atoms with Crippen molar-refractivity contribution in [2.24, 2.45) is 0 Å². The van der Waals surface area contributed by atoms with Crippen LogP contribution in [-0.2, 0) is 16.0 Å². The zero-order valence-electron chi connectivity index (χ0n) is 16.4. The van der Waals surface area contributed by atoms with Crippen LogP contribution in [0.15, 0.2) is 78.5 Å². The number of hydrogen-bond acceptors (Lipinski definition) is 3. The van der Waals surface area contributed by atoms with E-state index in [-0.39, 0.29) is 5.91 Å². The maximum absolute atomic E-state index is 13.6. The minimum Gasteiger partial charge on any atom is -0.336 e. The normalized spacial score (nSPS) is 15.9. The number of nitrogens with zero attached hydrogens (tertiary/aromatic N) is 2. The fourth-order valence-corrected chi connectivity index (χ4v) is 4.14. The van der Waals surface area contributed by atoms with Crippen molar-refractivity contribution in [2.75, 3.05) is 16.3 Å². The molecule has 0 bridgehead atoms. The molecule has 5 heteroatoms. The van der Waals surface area contributed by atoms with Gasteiger partial charge in [-0.15, -0.1) is 0 Å². The Balaban J connectivity index is 1.68. The molecule has 0 saturated carbocycles. The monoisotopic (exact) mass is 398 g/mol. The lowest BCUT2D eigenvalue weighted by Gasteiger charge is -2.21. The number of fused-ring (bicyclic) bond motifs is 1. The molecule has 2 aliphatic rings. The van der Waals surface area contributed by atoms with E-state index in [9.17, 15) is 14.0 Å². The first kappa shape index (κ1) is 18.3. The molecule has 0 fully saturated rings. The van der Waals surface area contributed by atoms with Gasteiger partial charge in [0.2, 0.25) is 0 Å². The highest BCUT2D eigenvalue weighted by Gasteiger charge is 2.44. The van der Waals surface area contributed by atoms with Gasteiger partial charge < -0.3 is 4.90 Å². The van der Waals surface area contributed by atoms with Gasteiger partial charge in [-0.25, -0.2) is 9.29 Å². The van der Waals surface area contributed by atoms with Gasteiger partial charge in [-0.2, -0.15) is 0 Å². The summed E-state index contributed by atoms with van der Waals surface area (Å²) in [5, 5.41) is 0. The number of rotatable bonds is 3. The van der Waals surface area contributed by atoms with Crippen molar-refractivity contribution in [3.63, 3.8) is 0 Å². The summed E-state index contributed by atoms with van der Waals surface area (Å²) in [4.78, 5) is 30.1. The summed E-state index contributed by atoms with van der Waals surface area (Å²) >= 11 is 0. The average molecular weight is 398 g/mol. The molecule has 0 spiro atoms. The molecule has 0 aliphatic carbocycles. The smallest absolute Gasteiger partial charge is 0.282 e. The molecule has 0 radical (unpaired) electrons. The Morgan fingerprint density at radius 1 is 0.833 bits per heavy atom. The van der Waals surface area contributed by atoms with E-state index >= 15 is 0 Å². The number of carbonyl (C=O) groups excluding carboxylic acids is 2. The number of hydrogen-bond donors (Lipinski definition) is 0. The molecule has 2 heterocycles. The zero-order chi connectivity index (χ0) is 20.8. The van der Waals surface area contributed by atoms with E-state index in [1.165, 1.54) is 24.3 Å². The van der Waals surface area contributed by atoms with Gasteiger partial charge in [0.05, 0.1) is 11.3 Å². The largest absolute Gasteiger partial charge is 0.336 e. The topological polar surface area (TPSA) is 40.6 Å². The van der Waals surface area contributed by atoms with E-state index in [2.05, 4.69) is 0 Å². The predicted molar refractivity (Wildman–Crippen MR) is 114 cm³/mol. The molecule has 2 aliphatic heterocycles. The lowest BCUT2D eigenvalue weighted by molar-refractivity contribution is -0.120. The molecule has 5 rings (SSSR count).